The molecule has 3 rings (SSSR count). The SMILES string of the molecule is CC1CCC(C2CC=C(C3CCC(C(F)(F)F)C(F)C3C)CC2)CC1. The van der Waals surface area contributed by atoms with Gasteiger partial charge in [-0.25, -0.2) is 4.39 Å². The van der Waals surface area contributed by atoms with Gasteiger partial charge in [-0.05, 0) is 74.5 Å². The Morgan fingerprint density at radius 3 is 2.12 bits per heavy atom. The van der Waals surface area contributed by atoms with Gasteiger partial charge in [0.2, 0.25) is 0 Å². The maximum Gasteiger partial charge on any atom is 0.394 e. The van der Waals surface area contributed by atoms with E-state index in [1.54, 1.807) is 6.92 Å². The van der Waals surface area contributed by atoms with E-state index in [1.165, 1.54) is 31.3 Å². The van der Waals surface area contributed by atoms with Gasteiger partial charge in [-0.1, -0.05) is 38.3 Å². The second kappa shape index (κ2) is 7.60. The molecular weight excluding hydrogens is 328 g/mol. The van der Waals surface area contributed by atoms with E-state index >= 15 is 0 Å². The molecule has 3 aliphatic carbocycles. The number of rotatable bonds is 2. The van der Waals surface area contributed by atoms with Crippen LogP contribution in [0.5, 0.6) is 0 Å². The smallest absolute Gasteiger partial charge is 0.247 e. The van der Waals surface area contributed by atoms with Crippen molar-refractivity contribution in [1.82, 2.24) is 0 Å². The Morgan fingerprint density at radius 1 is 0.880 bits per heavy atom. The van der Waals surface area contributed by atoms with Gasteiger partial charge in [0.05, 0.1) is 5.92 Å². The molecule has 144 valence electrons. The van der Waals surface area contributed by atoms with Gasteiger partial charge in [0.15, 0.2) is 0 Å². The summed E-state index contributed by atoms with van der Waals surface area (Å²) in [4.78, 5) is 0. The molecule has 0 nitrogen and oxygen atoms in total. The van der Waals surface area contributed by atoms with Crippen LogP contribution in [0, 0.1) is 35.5 Å². The lowest BCUT2D eigenvalue weighted by atomic mass is 9.66. The van der Waals surface area contributed by atoms with E-state index in [0.29, 0.717) is 6.42 Å². The third-order valence-corrected chi connectivity index (χ3v) is 7.42. The first-order valence-corrected chi connectivity index (χ1v) is 10.2. The van der Waals surface area contributed by atoms with Gasteiger partial charge in [0.25, 0.3) is 0 Å². The van der Waals surface area contributed by atoms with Crippen molar-refractivity contribution in [2.45, 2.75) is 84.0 Å². The highest BCUT2D eigenvalue weighted by Crippen LogP contribution is 2.48. The van der Waals surface area contributed by atoms with Gasteiger partial charge in [-0.2, -0.15) is 13.2 Å². The van der Waals surface area contributed by atoms with E-state index in [-0.39, 0.29) is 12.3 Å². The van der Waals surface area contributed by atoms with Gasteiger partial charge in [-0.3, -0.25) is 0 Å². The molecule has 0 aromatic carbocycles. The molecule has 25 heavy (non-hydrogen) atoms. The van der Waals surface area contributed by atoms with Crippen molar-refractivity contribution < 1.29 is 17.6 Å². The van der Waals surface area contributed by atoms with E-state index in [1.807, 2.05) is 0 Å². The third kappa shape index (κ3) is 4.24. The molecule has 4 heteroatoms. The van der Waals surface area contributed by atoms with Crippen molar-refractivity contribution in [3.63, 3.8) is 0 Å². The van der Waals surface area contributed by atoms with Gasteiger partial charge in [-0.15, -0.1) is 0 Å². The standard InChI is InChI=1S/C21H32F4/c1-13-3-5-15(6-4-13)16-7-9-17(10-8-16)18-11-12-19(21(23,24)25)20(22)14(18)2/h9,13-16,18-20H,3-8,10-12H2,1-2H3. The molecule has 0 aromatic rings. The van der Waals surface area contributed by atoms with Gasteiger partial charge in [0, 0.05) is 0 Å². The lowest BCUT2D eigenvalue weighted by Crippen LogP contribution is -2.42. The summed E-state index contributed by atoms with van der Waals surface area (Å²) in [5.41, 5.74) is 1.25. The first-order chi connectivity index (χ1) is 11.8. The normalized spacial score (nSPS) is 43.6. The predicted octanol–water partition coefficient (Wildman–Crippen LogP) is 7.10. The Hall–Kier alpha value is -0.540. The molecule has 5 unspecified atom stereocenters. The van der Waals surface area contributed by atoms with E-state index in [9.17, 15) is 17.6 Å². The maximum atomic E-state index is 14.4. The van der Waals surface area contributed by atoms with Crippen LogP contribution in [0.15, 0.2) is 11.6 Å². The molecule has 0 aliphatic heterocycles. The number of alkyl halides is 4. The summed E-state index contributed by atoms with van der Waals surface area (Å²) in [5, 5.41) is 0. The average Bonchev–Trinajstić information content (AvgIpc) is 2.57. The molecule has 3 aliphatic rings. The minimum atomic E-state index is -4.40. The molecule has 0 spiro atoms. The Labute approximate surface area is 149 Å². The van der Waals surface area contributed by atoms with Crippen molar-refractivity contribution in [3.05, 3.63) is 11.6 Å². The lowest BCUT2D eigenvalue weighted by molar-refractivity contribution is -0.207. The Balaban J connectivity index is 1.58. The van der Waals surface area contributed by atoms with Crippen LogP contribution in [-0.2, 0) is 0 Å². The summed E-state index contributed by atoms with van der Waals surface area (Å²) in [6.07, 6.45) is 5.04. The van der Waals surface area contributed by atoms with Crippen LogP contribution in [0.4, 0.5) is 17.6 Å². The average molecular weight is 360 g/mol. The zero-order valence-corrected chi connectivity index (χ0v) is 15.5. The van der Waals surface area contributed by atoms with Crippen molar-refractivity contribution in [3.8, 4) is 0 Å². The van der Waals surface area contributed by atoms with Crippen LogP contribution in [0.25, 0.3) is 0 Å². The fourth-order valence-corrected chi connectivity index (χ4v) is 5.63. The van der Waals surface area contributed by atoms with Gasteiger partial charge in [0.1, 0.15) is 6.17 Å². The number of halogens is 4. The highest BCUT2D eigenvalue weighted by atomic mass is 19.4. The summed E-state index contributed by atoms with van der Waals surface area (Å²) in [7, 11) is 0. The Kier molecular flexibility index (Phi) is 5.85. The van der Waals surface area contributed by atoms with Crippen LogP contribution in [-0.4, -0.2) is 12.3 Å². The minimum absolute atomic E-state index is 0.0147. The van der Waals surface area contributed by atoms with Crippen LogP contribution >= 0.6 is 0 Å². The molecule has 0 aromatic heterocycles. The van der Waals surface area contributed by atoms with E-state index in [2.05, 4.69) is 13.0 Å². The number of hydrogen-bond donors (Lipinski definition) is 0. The maximum absolute atomic E-state index is 14.4. The molecular formula is C21H32F4. The minimum Gasteiger partial charge on any atom is -0.247 e. The summed E-state index contributed by atoms with van der Waals surface area (Å²) in [5.74, 6) is 0.150. The van der Waals surface area contributed by atoms with Crippen molar-refractivity contribution in [2.24, 2.45) is 35.5 Å². The van der Waals surface area contributed by atoms with Gasteiger partial charge >= 0.3 is 6.18 Å². The molecule has 0 bridgehead atoms. The van der Waals surface area contributed by atoms with E-state index in [4.69, 9.17) is 0 Å². The van der Waals surface area contributed by atoms with Gasteiger partial charge < -0.3 is 0 Å². The summed E-state index contributed by atoms with van der Waals surface area (Å²) in [6, 6.07) is 0. The quantitative estimate of drug-likeness (QED) is 0.364. The lowest BCUT2D eigenvalue weighted by Gasteiger charge is -2.41. The second-order valence-electron chi connectivity index (χ2n) is 8.97. The summed E-state index contributed by atoms with van der Waals surface area (Å²) < 4.78 is 53.3. The fraction of sp³-hybridized carbons (Fsp3) is 0.905. The van der Waals surface area contributed by atoms with Crippen LogP contribution < -0.4 is 0 Å². The highest BCUT2D eigenvalue weighted by Gasteiger charge is 2.51. The molecule has 0 amide bonds. The van der Waals surface area contributed by atoms with Crippen LogP contribution in [0.3, 0.4) is 0 Å². The molecule has 0 saturated heterocycles. The molecule has 2 fully saturated rings. The summed E-state index contributed by atoms with van der Waals surface area (Å²) >= 11 is 0. The largest absolute Gasteiger partial charge is 0.394 e. The molecule has 0 N–H and O–H groups in total. The second-order valence-corrected chi connectivity index (χ2v) is 8.97. The van der Waals surface area contributed by atoms with Crippen LogP contribution in [0.1, 0.15) is 71.6 Å². The van der Waals surface area contributed by atoms with Crippen molar-refractivity contribution in [1.29, 1.82) is 0 Å². The highest BCUT2D eigenvalue weighted by molar-refractivity contribution is 5.14. The zero-order valence-electron chi connectivity index (χ0n) is 15.5. The Bertz CT molecular complexity index is 473. The zero-order chi connectivity index (χ0) is 18.2. The first kappa shape index (κ1) is 19.2. The first-order valence-electron chi connectivity index (χ1n) is 10.2. The molecule has 5 atom stereocenters. The van der Waals surface area contributed by atoms with E-state index < -0.39 is 24.2 Å². The number of allylic oxidation sites excluding steroid dienone is 2. The predicted molar refractivity (Wildman–Crippen MR) is 92.9 cm³/mol. The number of hydrogen-bond acceptors (Lipinski definition) is 0. The topological polar surface area (TPSA) is 0 Å². The Morgan fingerprint density at radius 2 is 1.56 bits per heavy atom. The molecule has 2 saturated carbocycles. The van der Waals surface area contributed by atoms with Crippen LogP contribution in [0.2, 0.25) is 0 Å². The van der Waals surface area contributed by atoms with E-state index in [0.717, 1.165) is 37.0 Å². The third-order valence-electron chi connectivity index (χ3n) is 7.42. The van der Waals surface area contributed by atoms with Crippen molar-refractivity contribution >= 4 is 0 Å². The fourth-order valence-electron chi connectivity index (χ4n) is 5.63. The summed E-state index contributed by atoms with van der Waals surface area (Å²) in [6.45, 7) is 4.02. The molecule has 0 radical (unpaired) electrons. The monoisotopic (exact) mass is 360 g/mol. The molecule has 0 heterocycles. The van der Waals surface area contributed by atoms with Crippen molar-refractivity contribution in [2.75, 3.05) is 0 Å².